The first kappa shape index (κ1) is 17.9. The van der Waals surface area contributed by atoms with Crippen LogP contribution in [0, 0.1) is 6.92 Å². The summed E-state index contributed by atoms with van der Waals surface area (Å²) in [4.78, 5) is 12.2. The molecule has 0 aliphatic rings. The van der Waals surface area contributed by atoms with E-state index in [1.54, 1.807) is 12.1 Å². The van der Waals surface area contributed by atoms with Crippen LogP contribution in [0.2, 0.25) is 5.02 Å². The number of halogens is 1. The molecule has 4 rings (SSSR count). The lowest BCUT2D eigenvalue weighted by molar-refractivity contribution is 0.103. The van der Waals surface area contributed by atoms with Crippen molar-refractivity contribution in [1.82, 2.24) is 25.2 Å². The second kappa shape index (κ2) is 7.28. The highest BCUT2D eigenvalue weighted by molar-refractivity contribution is 6.31. The molecule has 140 valence electrons. The van der Waals surface area contributed by atoms with E-state index in [9.17, 15) is 9.90 Å². The number of carbonyl (C=O) groups is 1. The fraction of sp³-hybridized carbons (Fsp3) is 0.100. The molecular weight excluding hydrogens is 378 g/mol. The largest absolute Gasteiger partial charge is 0.507 e. The van der Waals surface area contributed by atoms with Crippen molar-refractivity contribution in [2.24, 2.45) is 0 Å². The van der Waals surface area contributed by atoms with Crippen LogP contribution in [0.5, 0.6) is 0 Å². The van der Waals surface area contributed by atoms with Crippen LogP contribution in [0.15, 0.2) is 54.7 Å². The van der Waals surface area contributed by atoms with Crippen LogP contribution < -0.4 is 0 Å². The van der Waals surface area contributed by atoms with E-state index >= 15 is 0 Å². The SMILES string of the molecule is Cc1ccccc1Cn1cc(/C(O)=C\C(=O)c2nn[nH]n2)c2cc(Cl)ccc21. The highest BCUT2D eigenvalue weighted by Crippen LogP contribution is 2.30. The first-order valence-corrected chi connectivity index (χ1v) is 8.92. The Morgan fingerprint density at radius 3 is 2.86 bits per heavy atom. The molecule has 8 heteroatoms. The molecule has 0 atom stereocenters. The number of aromatic amines is 1. The van der Waals surface area contributed by atoms with E-state index < -0.39 is 5.78 Å². The maximum atomic E-state index is 12.2. The van der Waals surface area contributed by atoms with E-state index in [0.717, 1.165) is 22.5 Å². The van der Waals surface area contributed by atoms with Crippen LogP contribution >= 0.6 is 11.6 Å². The molecule has 4 aromatic rings. The monoisotopic (exact) mass is 393 g/mol. The molecule has 0 saturated heterocycles. The molecule has 0 fully saturated rings. The van der Waals surface area contributed by atoms with Crippen molar-refractivity contribution in [1.29, 1.82) is 0 Å². The Morgan fingerprint density at radius 1 is 1.29 bits per heavy atom. The summed E-state index contributed by atoms with van der Waals surface area (Å²) in [6.45, 7) is 2.68. The molecule has 0 unspecified atom stereocenters. The molecule has 7 nitrogen and oxygen atoms in total. The second-order valence-electron chi connectivity index (χ2n) is 6.39. The average molecular weight is 394 g/mol. The van der Waals surface area contributed by atoms with Gasteiger partial charge in [0.1, 0.15) is 5.76 Å². The number of fused-ring (bicyclic) bond motifs is 1. The van der Waals surface area contributed by atoms with E-state index in [1.165, 1.54) is 5.56 Å². The third-order valence-corrected chi connectivity index (χ3v) is 4.79. The number of aryl methyl sites for hydroxylation is 1. The lowest BCUT2D eigenvalue weighted by atomic mass is 10.1. The van der Waals surface area contributed by atoms with Crippen LogP contribution in [-0.2, 0) is 6.54 Å². The Hall–Kier alpha value is -3.45. The molecule has 2 N–H and O–H groups in total. The summed E-state index contributed by atoms with van der Waals surface area (Å²) in [7, 11) is 0. The number of aliphatic hydroxyl groups is 1. The fourth-order valence-corrected chi connectivity index (χ4v) is 3.28. The highest BCUT2D eigenvalue weighted by Gasteiger charge is 2.16. The van der Waals surface area contributed by atoms with Gasteiger partial charge in [0.15, 0.2) is 0 Å². The first-order chi connectivity index (χ1) is 13.5. The minimum absolute atomic E-state index is 0.117. The van der Waals surface area contributed by atoms with Crippen molar-refractivity contribution in [3.8, 4) is 0 Å². The molecule has 2 heterocycles. The number of aliphatic hydroxyl groups excluding tert-OH is 1. The van der Waals surface area contributed by atoms with Gasteiger partial charge in [0, 0.05) is 40.3 Å². The van der Waals surface area contributed by atoms with Gasteiger partial charge in [-0.05, 0) is 41.5 Å². The number of carbonyl (C=O) groups excluding carboxylic acids is 1. The number of hydrogen-bond donors (Lipinski definition) is 2. The van der Waals surface area contributed by atoms with Gasteiger partial charge in [0.05, 0.1) is 0 Å². The zero-order chi connectivity index (χ0) is 19.7. The number of rotatable bonds is 5. The number of ketones is 1. The van der Waals surface area contributed by atoms with Gasteiger partial charge in [-0.2, -0.15) is 5.21 Å². The number of aromatic nitrogens is 5. The van der Waals surface area contributed by atoms with E-state index in [0.29, 0.717) is 17.1 Å². The van der Waals surface area contributed by atoms with Crippen LogP contribution in [0.1, 0.15) is 27.3 Å². The van der Waals surface area contributed by atoms with Crippen molar-refractivity contribution in [2.45, 2.75) is 13.5 Å². The number of tetrazole rings is 1. The Morgan fingerprint density at radius 2 is 2.11 bits per heavy atom. The maximum Gasteiger partial charge on any atom is 0.244 e. The maximum absolute atomic E-state index is 12.2. The van der Waals surface area contributed by atoms with E-state index in [-0.39, 0.29) is 11.6 Å². The Kier molecular flexibility index (Phi) is 4.67. The third kappa shape index (κ3) is 3.39. The standard InChI is InChI=1S/C20H16ClN5O2/c1-12-4-2-3-5-13(12)10-26-11-16(15-8-14(21)6-7-17(15)26)18(27)9-19(28)20-22-24-25-23-20/h2-9,11,27H,10H2,1H3,(H,22,23,24,25)/b18-9+. The summed E-state index contributed by atoms with van der Waals surface area (Å²) in [5, 5.41) is 24.7. The smallest absolute Gasteiger partial charge is 0.244 e. The summed E-state index contributed by atoms with van der Waals surface area (Å²) in [5.74, 6) is -0.855. The van der Waals surface area contributed by atoms with E-state index in [1.807, 2.05) is 29.0 Å². The lowest BCUT2D eigenvalue weighted by Crippen LogP contribution is -2.00. The highest BCUT2D eigenvalue weighted by atomic mass is 35.5. The molecule has 2 aromatic carbocycles. The summed E-state index contributed by atoms with van der Waals surface area (Å²) in [6.07, 6.45) is 2.89. The number of H-pyrrole nitrogens is 1. The number of nitrogens with one attached hydrogen (secondary N) is 1. The normalized spacial score (nSPS) is 11.9. The van der Waals surface area contributed by atoms with E-state index in [4.69, 9.17) is 11.6 Å². The molecule has 2 aromatic heterocycles. The van der Waals surface area contributed by atoms with Gasteiger partial charge in [-0.25, -0.2) is 0 Å². The molecule has 0 saturated carbocycles. The van der Waals surface area contributed by atoms with Crippen molar-refractivity contribution < 1.29 is 9.90 Å². The van der Waals surface area contributed by atoms with Crippen LogP contribution in [0.25, 0.3) is 16.7 Å². The van der Waals surface area contributed by atoms with Gasteiger partial charge in [-0.1, -0.05) is 35.9 Å². The van der Waals surface area contributed by atoms with Gasteiger partial charge in [-0.15, -0.1) is 10.2 Å². The Labute approximate surface area is 165 Å². The van der Waals surface area contributed by atoms with Gasteiger partial charge in [0.25, 0.3) is 0 Å². The van der Waals surface area contributed by atoms with Gasteiger partial charge >= 0.3 is 0 Å². The topological polar surface area (TPSA) is 96.7 Å². The Balaban J connectivity index is 1.79. The van der Waals surface area contributed by atoms with Crippen molar-refractivity contribution >= 4 is 34.0 Å². The molecule has 0 aliphatic carbocycles. The number of allylic oxidation sites excluding steroid dienone is 1. The zero-order valence-corrected chi connectivity index (χ0v) is 15.7. The molecule has 0 aliphatic heterocycles. The summed E-state index contributed by atoms with van der Waals surface area (Å²) in [5.41, 5.74) is 3.73. The quantitative estimate of drug-likeness (QED) is 0.304. The fourth-order valence-electron chi connectivity index (χ4n) is 3.11. The zero-order valence-electron chi connectivity index (χ0n) is 14.9. The number of benzene rings is 2. The average Bonchev–Trinajstić information content (AvgIpc) is 3.32. The summed E-state index contributed by atoms with van der Waals surface area (Å²) < 4.78 is 2.02. The lowest BCUT2D eigenvalue weighted by Gasteiger charge is -2.08. The van der Waals surface area contributed by atoms with E-state index in [2.05, 4.69) is 39.7 Å². The van der Waals surface area contributed by atoms with Gasteiger partial charge in [-0.3, -0.25) is 4.79 Å². The molecule has 0 amide bonds. The molecule has 28 heavy (non-hydrogen) atoms. The minimum atomic E-state index is -0.548. The van der Waals surface area contributed by atoms with Crippen LogP contribution in [0.4, 0.5) is 0 Å². The number of nitrogens with zero attached hydrogens (tertiary/aromatic N) is 4. The summed E-state index contributed by atoms with van der Waals surface area (Å²) >= 11 is 6.17. The van der Waals surface area contributed by atoms with Gasteiger partial charge < -0.3 is 9.67 Å². The van der Waals surface area contributed by atoms with Crippen LogP contribution in [-0.4, -0.2) is 36.1 Å². The minimum Gasteiger partial charge on any atom is -0.507 e. The first-order valence-electron chi connectivity index (χ1n) is 8.54. The van der Waals surface area contributed by atoms with Crippen LogP contribution in [0.3, 0.4) is 0 Å². The Bertz CT molecular complexity index is 1190. The van der Waals surface area contributed by atoms with Crippen molar-refractivity contribution in [3.05, 3.63) is 82.3 Å². The predicted octanol–water partition coefficient (Wildman–Crippen LogP) is 3.95. The third-order valence-electron chi connectivity index (χ3n) is 4.55. The number of hydrogen-bond acceptors (Lipinski definition) is 5. The second-order valence-corrected chi connectivity index (χ2v) is 6.82. The summed E-state index contributed by atoms with van der Waals surface area (Å²) in [6, 6.07) is 13.6. The molecule has 0 spiro atoms. The molecule has 0 radical (unpaired) electrons. The van der Waals surface area contributed by atoms with Gasteiger partial charge in [0.2, 0.25) is 11.6 Å². The molecular formula is C20H16ClN5O2. The van der Waals surface area contributed by atoms with Crippen molar-refractivity contribution in [2.75, 3.05) is 0 Å². The predicted molar refractivity (Wildman–Crippen MR) is 106 cm³/mol. The van der Waals surface area contributed by atoms with Crippen molar-refractivity contribution in [3.63, 3.8) is 0 Å². The molecule has 0 bridgehead atoms.